The van der Waals surface area contributed by atoms with Crippen molar-refractivity contribution in [2.24, 2.45) is 7.05 Å². The van der Waals surface area contributed by atoms with Crippen molar-refractivity contribution in [1.82, 2.24) is 9.55 Å². The highest BCUT2D eigenvalue weighted by atomic mass is 16.6. The molecule has 0 fully saturated rings. The van der Waals surface area contributed by atoms with Crippen molar-refractivity contribution in [2.45, 2.75) is 0 Å². The van der Waals surface area contributed by atoms with E-state index in [2.05, 4.69) is 4.98 Å². The lowest BCUT2D eigenvalue weighted by Gasteiger charge is -2.03. The van der Waals surface area contributed by atoms with Gasteiger partial charge in [-0.3, -0.25) is 19.5 Å². The summed E-state index contributed by atoms with van der Waals surface area (Å²) in [5.41, 5.74) is 5.32. The molecule has 0 saturated carbocycles. The summed E-state index contributed by atoms with van der Waals surface area (Å²) in [5, 5.41) is 10.7. The van der Waals surface area contributed by atoms with E-state index in [4.69, 9.17) is 5.73 Å². The molecule has 0 radical (unpaired) electrons. The van der Waals surface area contributed by atoms with Crippen LogP contribution in [-0.4, -0.2) is 14.5 Å². The summed E-state index contributed by atoms with van der Waals surface area (Å²) in [6.07, 6.45) is 0. The molecule has 2 rings (SSSR count). The van der Waals surface area contributed by atoms with Gasteiger partial charge in [0, 0.05) is 19.2 Å². The van der Waals surface area contributed by atoms with Crippen LogP contribution >= 0.6 is 0 Å². The fourth-order valence-electron chi connectivity index (χ4n) is 1.39. The minimum atomic E-state index is -0.560. The van der Waals surface area contributed by atoms with Crippen molar-refractivity contribution >= 4 is 22.5 Å². The summed E-state index contributed by atoms with van der Waals surface area (Å²) in [6, 6.07) is 3.89. The van der Waals surface area contributed by atoms with E-state index >= 15 is 0 Å². The third kappa shape index (κ3) is 1.38. The predicted octanol–water partition coefficient (Wildman–Crippen LogP) is 0.424. The van der Waals surface area contributed by atoms with Crippen LogP contribution in [0.3, 0.4) is 0 Å². The number of nitro groups is 1. The smallest absolute Gasteiger partial charge is 0.270 e. The largest absolute Gasteiger partial charge is 0.369 e. The maximum absolute atomic E-state index is 11.7. The highest BCUT2D eigenvalue weighted by Gasteiger charge is 2.11. The number of benzene rings is 1. The summed E-state index contributed by atoms with van der Waals surface area (Å²) >= 11 is 0. The monoisotopic (exact) mass is 220 g/mol. The van der Waals surface area contributed by atoms with Crippen molar-refractivity contribution in [3.63, 3.8) is 0 Å². The van der Waals surface area contributed by atoms with Gasteiger partial charge in [0.15, 0.2) is 0 Å². The highest BCUT2D eigenvalue weighted by Crippen LogP contribution is 2.17. The van der Waals surface area contributed by atoms with Gasteiger partial charge in [-0.15, -0.1) is 0 Å². The number of anilines is 1. The average molecular weight is 220 g/mol. The first-order chi connectivity index (χ1) is 7.50. The molecule has 0 saturated heterocycles. The number of rotatable bonds is 1. The number of nitrogens with zero attached hydrogens (tertiary/aromatic N) is 3. The van der Waals surface area contributed by atoms with Gasteiger partial charge < -0.3 is 5.73 Å². The third-order valence-corrected chi connectivity index (χ3v) is 2.30. The SMILES string of the molecule is Cn1c(N)nc2ccc([N+](=O)[O-])cc2c1=O. The molecule has 0 bridgehead atoms. The average Bonchev–Trinajstić information content (AvgIpc) is 2.25. The molecule has 0 aliphatic carbocycles. The lowest BCUT2D eigenvalue weighted by Crippen LogP contribution is -2.21. The molecule has 2 N–H and O–H groups in total. The quantitative estimate of drug-likeness (QED) is 0.554. The van der Waals surface area contributed by atoms with Gasteiger partial charge in [-0.2, -0.15) is 0 Å². The van der Waals surface area contributed by atoms with Crippen molar-refractivity contribution in [3.05, 3.63) is 38.7 Å². The zero-order valence-electron chi connectivity index (χ0n) is 8.38. The van der Waals surface area contributed by atoms with Crippen LogP contribution in [0, 0.1) is 10.1 Å². The van der Waals surface area contributed by atoms with E-state index < -0.39 is 10.5 Å². The molecule has 16 heavy (non-hydrogen) atoms. The van der Waals surface area contributed by atoms with E-state index in [0.29, 0.717) is 5.52 Å². The first-order valence-electron chi connectivity index (χ1n) is 4.41. The number of nitrogens with two attached hydrogens (primary N) is 1. The molecule has 7 nitrogen and oxygen atoms in total. The van der Waals surface area contributed by atoms with Crippen LogP contribution < -0.4 is 11.3 Å². The molecule has 1 heterocycles. The fraction of sp³-hybridized carbons (Fsp3) is 0.111. The fourth-order valence-corrected chi connectivity index (χ4v) is 1.39. The topological polar surface area (TPSA) is 104 Å². The Labute approximate surface area is 89.3 Å². The second kappa shape index (κ2) is 3.30. The first kappa shape index (κ1) is 10.1. The zero-order chi connectivity index (χ0) is 11.9. The Morgan fingerprint density at radius 2 is 2.19 bits per heavy atom. The molecule has 82 valence electrons. The van der Waals surface area contributed by atoms with E-state index in [1.807, 2.05) is 0 Å². The standard InChI is InChI=1S/C9H8N4O3/c1-12-8(14)6-4-5(13(15)16)2-3-7(6)11-9(12)10/h2-4H,1H3,(H2,10,11). The molecule has 1 aromatic carbocycles. The molecule has 2 aromatic rings. The minimum absolute atomic E-state index is 0.0753. The van der Waals surface area contributed by atoms with Crippen LogP contribution in [0.4, 0.5) is 11.6 Å². The summed E-state index contributed by atoms with van der Waals surface area (Å²) in [5.74, 6) is 0.0753. The molecule has 0 aliphatic rings. The summed E-state index contributed by atoms with van der Waals surface area (Å²) in [7, 11) is 1.46. The van der Waals surface area contributed by atoms with Crippen molar-refractivity contribution in [1.29, 1.82) is 0 Å². The Bertz CT molecular complexity index is 647. The van der Waals surface area contributed by atoms with E-state index in [1.54, 1.807) is 0 Å². The lowest BCUT2D eigenvalue weighted by molar-refractivity contribution is -0.384. The number of nitrogen functional groups attached to an aromatic ring is 1. The Hall–Kier alpha value is -2.44. The maximum Gasteiger partial charge on any atom is 0.270 e. The molecule has 0 unspecified atom stereocenters. The summed E-state index contributed by atoms with van der Waals surface area (Å²) < 4.78 is 1.14. The van der Waals surface area contributed by atoms with Crippen molar-refractivity contribution in [3.8, 4) is 0 Å². The molecular formula is C9H8N4O3. The molecule has 1 aromatic heterocycles. The van der Waals surface area contributed by atoms with Gasteiger partial charge in [-0.25, -0.2) is 4.98 Å². The number of aromatic nitrogens is 2. The first-order valence-corrected chi connectivity index (χ1v) is 4.41. The molecule has 0 amide bonds. The Kier molecular flexibility index (Phi) is 2.08. The van der Waals surface area contributed by atoms with Gasteiger partial charge in [0.25, 0.3) is 11.2 Å². The van der Waals surface area contributed by atoms with Crippen LogP contribution in [-0.2, 0) is 7.05 Å². The van der Waals surface area contributed by atoms with Gasteiger partial charge >= 0.3 is 0 Å². The normalized spacial score (nSPS) is 10.6. The molecule has 0 aliphatic heterocycles. The van der Waals surface area contributed by atoms with Gasteiger partial charge in [-0.05, 0) is 6.07 Å². The molecule has 0 spiro atoms. The van der Waals surface area contributed by atoms with Gasteiger partial charge in [0.05, 0.1) is 15.8 Å². The van der Waals surface area contributed by atoms with E-state index in [1.165, 1.54) is 25.2 Å². The number of hydrogen-bond donors (Lipinski definition) is 1. The Balaban J connectivity index is 2.88. The predicted molar refractivity (Wildman–Crippen MR) is 58.1 cm³/mol. The second-order valence-corrected chi connectivity index (χ2v) is 3.29. The Morgan fingerprint density at radius 1 is 1.50 bits per heavy atom. The highest BCUT2D eigenvalue weighted by molar-refractivity contribution is 5.81. The van der Waals surface area contributed by atoms with Crippen LogP contribution in [0.1, 0.15) is 0 Å². The number of hydrogen-bond acceptors (Lipinski definition) is 5. The second-order valence-electron chi connectivity index (χ2n) is 3.29. The number of nitro benzene ring substituents is 1. The molecule has 7 heteroatoms. The Morgan fingerprint density at radius 3 is 2.81 bits per heavy atom. The molecular weight excluding hydrogens is 212 g/mol. The van der Waals surface area contributed by atoms with Crippen LogP contribution in [0.2, 0.25) is 0 Å². The third-order valence-electron chi connectivity index (χ3n) is 2.30. The van der Waals surface area contributed by atoms with Crippen molar-refractivity contribution in [2.75, 3.05) is 5.73 Å². The minimum Gasteiger partial charge on any atom is -0.369 e. The zero-order valence-corrected chi connectivity index (χ0v) is 8.38. The van der Waals surface area contributed by atoms with Crippen molar-refractivity contribution < 1.29 is 4.92 Å². The number of non-ortho nitro benzene ring substituents is 1. The maximum atomic E-state index is 11.7. The van der Waals surface area contributed by atoms with E-state index in [-0.39, 0.29) is 17.0 Å². The van der Waals surface area contributed by atoms with Gasteiger partial charge in [-0.1, -0.05) is 0 Å². The lowest BCUT2D eigenvalue weighted by atomic mass is 10.2. The molecule has 0 atom stereocenters. The van der Waals surface area contributed by atoms with Crippen LogP contribution in [0.15, 0.2) is 23.0 Å². The number of fused-ring (bicyclic) bond motifs is 1. The van der Waals surface area contributed by atoms with Crippen LogP contribution in [0.25, 0.3) is 10.9 Å². The van der Waals surface area contributed by atoms with Gasteiger partial charge in [0.2, 0.25) is 5.95 Å². The van der Waals surface area contributed by atoms with Crippen LogP contribution in [0.5, 0.6) is 0 Å². The van der Waals surface area contributed by atoms with E-state index in [9.17, 15) is 14.9 Å². The van der Waals surface area contributed by atoms with Gasteiger partial charge in [0.1, 0.15) is 0 Å². The summed E-state index contributed by atoms with van der Waals surface area (Å²) in [4.78, 5) is 25.7. The van der Waals surface area contributed by atoms with E-state index in [0.717, 1.165) is 4.57 Å². The summed E-state index contributed by atoms with van der Waals surface area (Å²) in [6.45, 7) is 0.